The molecule has 98 valence electrons. The lowest BCUT2D eigenvalue weighted by molar-refractivity contribution is -0.154. The predicted molar refractivity (Wildman–Crippen MR) is 73.4 cm³/mol. The molecule has 0 aliphatic carbocycles. The van der Waals surface area contributed by atoms with E-state index < -0.39 is 5.60 Å². The fourth-order valence-corrected chi connectivity index (χ4v) is 3.85. The van der Waals surface area contributed by atoms with Gasteiger partial charge in [0.15, 0.2) is 5.12 Å². The SMILES string of the molecule is CC(=O)SC[C@H]1CC[C@@H](C(=O)OC(C)(C)C)S1. The number of hydrogen-bond acceptors (Lipinski definition) is 5. The lowest BCUT2D eigenvalue weighted by Crippen LogP contribution is -2.29. The van der Waals surface area contributed by atoms with Crippen molar-refractivity contribution < 1.29 is 14.3 Å². The van der Waals surface area contributed by atoms with Gasteiger partial charge in [0.1, 0.15) is 10.9 Å². The van der Waals surface area contributed by atoms with E-state index in [1.165, 1.54) is 11.8 Å². The molecule has 0 N–H and O–H groups in total. The van der Waals surface area contributed by atoms with E-state index in [9.17, 15) is 9.59 Å². The van der Waals surface area contributed by atoms with Crippen LogP contribution in [0.1, 0.15) is 40.5 Å². The van der Waals surface area contributed by atoms with E-state index in [2.05, 4.69) is 0 Å². The van der Waals surface area contributed by atoms with Gasteiger partial charge in [-0.3, -0.25) is 9.59 Å². The van der Waals surface area contributed by atoms with Gasteiger partial charge in [0, 0.05) is 17.9 Å². The Morgan fingerprint density at radius 2 is 2.00 bits per heavy atom. The van der Waals surface area contributed by atoms with E-state index in [4.69, 9.17) is 4.74 Å². The lowest BCUT2D eigenvalue weighted by Gasteiger charge is -2.21. The van der Waals surface area contributed by atoms with Crippen molar-refractivity contribution in [2.24, 2.45) is 0 Å². The molecule has 2 atom stereocenters. The van der Waals surface area contributed by atoms with Crippen LogP contribution in [0.4, 0.5) is 0 Å². The van der Waals surface area contributed by atoms with Crippen LogP contribution in [-0.4, -0.2) is 32.9 Å². The standard InChI is InChI=1S/C12H20O3S2/c1-8(13)16-7-9-5-6-10(17-9)11(14)15-12(2,3)4/h9-10H,5-7H2,1-4H3/t9-,10+/m1/s1. The maximum atomic E-state index is 11.8. The van der Waals surface area contributed by atoms with Crippen molar-refractivity contribution in [2.75, 3.05) is 5.75 Å². The molecule has 0 saturated carbocycles. The summed E-state index contributed by atoms with van der Waals surface area (Å²) in [7, 11) is 0. The van der Waals surface area contributed by atoms with Crippen LogP contribution < -0.4 is 0 Å². The molecule has 1 aliphatic rings. The van der Waals surface area contributed by atoms with Crippen LogP contribution >= 0.6 is 23.5 Å². The Bertz CT molecular complexity index is 297. The minimum atomic E-state index is -0.413. The summed E-state index contributed by atoms with van der Waals surface area (Å²) < 4.78 is 5.36. The molecule has 0 amide bonds. The summed E-state index contributed by atoms with van der Waals surface area (Å²) >= 11 is 3.00. The van der Waals surface area contributed by atoms with E-state index in [1.54, 1.807) is 18.7 Å². The molecule has 1 rings (SSSR count). The number of carbonyl (C=O) groups excluding carboxylic acids is 2. The first-order chi connectivity index (χ1) is 7.78. The molecule has 0 spiro atoms. The van der Waals surface area contributed by atoms with Crippen LogP contribution in [0, 0.1) is 0 Å². The fraction of sp³-hybridized carbons (Fsp3) is 0.833. The Balaban J connectivity index is 2.34. The molecular formula is C12H20O3S2. The number of thioether (sulfide) groups is 2. The monoisotopic (exact) mass is 276 g/mol. The Kier molecular flexibility index (Phi) is 5.38. The third-order valence-corrected chi connectivity index (χ3v) is 4.98. The largest absolute Gasteiger partial charge is 0.459 e. The average molecular weight is 276 g/mol. The first-order valence-corrected chi connectivity index (χ1v) is 7.72. The minimum Gasteiger partial charge on any atom is -0.459 e. The number of esters is 1. The van der Waals surface area contributed by atoms with Crippen LogP contribution in [0.15, 0.2) is 0 Å². The summed E-state index contributed by atoms with van der Waals surface area (Å²) in [6.45, 7) is 7.23. The Morgan fingerprint density at radius 1 is 1.35 bits per heavy atom. The zero-order valence-electron chi connectivity index (χ0n) is 10.8. The second-order valence-corrected chi connectivity index (χ2v) is 7.86. The van der Waals surface area contributed by atoms with Crippen LogP contribution in [0.25, 0.3) is 0 Å². The summed E-state index contributed by atoms with van der Waals surface area (Å²) in [6.07, 6.45) is 1.86. The smallest absolute Gasteiger partial charge is 0.319 e. The summed E-state index contributed by atoms with van der Waals surface area (Å²) in [5.41, 5.74) is -0.413. The highest BCUT2D eigenvalue weighted by Crippen LogP contribution is 2.36. The van der Waals surface area contributed by atoms with Crippen molar-refractivity contribution in [2.45, 2.75) is 56.6 Å². The van der Waals surface area contributed by atoms with Gasteiger partial charge in [-0.25, -0.2) is 0 Å². The van der Waals surface area contributed by atoms with Gasteiger partial charge in [0.05, 0.1) is 0 Å². The summed E-state index contributed by atoms with van der Waals surface area (Å²) in [5, 5.41) is 0.500. The third kappa shape index (κ3) is 5.82. The quantitative estimate of drug-likeness (QED) is 0.742. The first kappa shape index (κ1) is 14.9. The van der Waals surface area contributed by atoms with Crippen molar-refractivity contribution in [3.8, 4) is 0 Å². The second-order valence-electron chi connectivity index (χ2n) is 5.16. The fourth-order valence-electron chi connectivity index (χ4n) is 1.58. The number of carbonyl (C=O) groups is 2. The molecule has 0 aromatic heterocycles. The van der Waals surface area contributed by atoms with E-state index in [0.29, 0.717) is 5.25 Å². The lowest BCUT2D eigenvalue weighted by atomic mass is 10.2. The molecule has 1 saturated heterocycles. The van der Waals surface area contributed by atoms with Gasteiger partial charge >= 0.3 is 5.97 Å². The van der Waals surface area contributed by atoms with E-state index >= 15 is 0 Å². The zero-order valence-corrected chi connectivity index (χ0v) is 12.5. The van der Waals surface area contributed by atoms with E-state index in [-0.39, 0.29) is 16.3 Å². The second kappa shape index (κ2) is 6.14. The highest BCUT2D eigenvalue weighted by Gasteiger charge is 2.33. The Morgan fingerprint density at radius 3 is 2.53 bits per heavy atom. The molecule has 1 heterocycles. The van der Waals surface area contributed by atoms with Gasteiger partial charge in [-0.15, -0.1) is 11.8 Å². The van der Waals surface area contributed by atoms with Crippen molar-refractivity contribution >= 4 is 34.6 Å². The molecule has 0 aromatic rings. The van der Waals surface area contributed by atoms with Gasteiger partial charge in [-0.2, -0.15) is 0 Å². The molecule has 5 heteroatoms. The van der Waals surface area contributed by atoms with Gasteiger partial charge < -0.3 is 4.74 Å². The van der Waals surface area contributed by atoms with Crippen molar-refractivity contribution in [1.29, 1.82) is 0 Å². The van der Waals surface area contributed by atoms with Crippen LogP contribution in [0.2, 0.25) is 0 Å². The summed E-state index contributed by atoms with van der Waals surface area (Å²) in [4.78, 5) is 22.7. The van der Waals surface area contributed by atoms with Crippen LogP contribution in [0.3, 0.4) is 0 Å². The van der Waals surface area contributed by atoms with Gasteiger partial charge in [-0.05, 0) is 33.6 Å². The highest BCUT2D eigenvalue weighted by atomic mass is 32.2. The Hall–Kier alpha value is -0.160. The molecule has 1 aliphatic heterocycles. The van der Waals surface area contributed by atoms with Crippen molar-refractivity contribution in [3.05, 3.63) is 0 Å². The molecule has 1 fully saturated rings. The number of ether oxygens (including phenoxy) is 1. The van der Waals surface area contributed by atoms with Gasteiger partial charge in [0.2, 0.25) is 0 Å². The molecule has 0 unspecified atom stereocenters. The van der Waals surface area contributed by atoms with Gasteiger partial charge in [0.25, 0.3) is 0 Å². The number of rotatable bonds is 3. The molecule has 17 heavy (non-hydrogen) atoms. The zero-order chi connectivity index (χ0) is 13.1. The van der Waals surface area contributed by atoms with Crippen molar-refractivity contribution in [3.63, 3.8) is 0 Å². The third-order valence-electron chi connectivity index (χ3n) is 2.25. The molecule has 0 bridgehead atoms. The number of hydrogen-bond donors (Lipinski definition) is 0. The average Bonchev–Trinajstić information content (AvgIpc) is 2.60. The molecule has 3 nitrogen and oxygen atoms in total. The topological polar surface area (TPSA) is 43.4 Å². The van der Waals surface area contributed by atoms with Crippen molar-refractivity contribution in [1.82, 2.24) is 0 Å². The minimum absolute atomic E-state index is 0.0493. The maximum absolute atomic E-state index is 11.8. The van der Waals surface area contributed by atoms with E-state index in [1.807, 2.05) is 20.8 Å². The first-order valence-electron chi connectivity index (χ1n) is 5.79. The van der Waals surface area contributed by atoms with Gasteiger partial charge in [-0.1, -0.05) is 11.8 Å². The molecular weight excluding hydrogens is 256 g/mol. The molecule has 0 aromatic carbocycles. The summed E-state index contributed by atoms with van der Waals surface area (Å²) in [5.74, 6) is 0.692. The molecule has 0 radical (unpaired) electrons. The van der Waals surface area contributed by atoms with Crippen LogP contribution in [0.5, 0.6) is 0 Å². The maximum Gasteiger partial charge on any atom is 0.319 e. The normalized spacial score (nSPS) is 24.7. The van der Waals surface area contributed by atoms with E-state index in [0.717, 1.165) is 18.6 Å². The predicted octanol–water partition coefficient (Wildman–Crippen LogP) is 2.87. The highest BCUT2D eigenvalue weighted by molar-refractivity contribution is 8.14. The Labute approximate surface area is 111 Å². The summed E-state index contributed by atoms with van der Waals surface area (Å²) in [6, 6.07) is 0. The van der Waals surface area contributed by atoms with Crippen LogP contribution in [-0.2, 0) is 14.3 Å².